The third-order valence-corrected chi connectivity index (χ3v) is 3.37. The summed E-state index contributed by atoms with van der Waals surface area (Å²) in [5, 5.41) is 3.40. The average Bonchev–Trinajstić information content (AvgIpc) is 3.14. The zero-order valence-electron chi connectivity index (χ0n) is 11.5. The second-order valence-electron chi connectivity index (χ2n) is 5.22. The van der Waals surface area contributed by atoms with Crippen molar-refractivity contribution >= 4 is 0 Å². The molecule has 1 N–H and O–H groups in total. The normalized spacial score (nSPS) is 14.5. The lowest BCUT2D eigenvalue weighted by Crippen LogP contribution is -2.14. The van der Waals surface area contributed by atoms with Gasteiger partial charge in [-0.15, -0.1) is 0 Å². The molecule has 2 aromatic rings. The number of hydrogen-bond donors (Lipinski definition) is 1. The van der Waals surface area contributed by atoms with Gasteiger partial charge in [-0.05, 0) is 55.7 Å². The van der Waals surface area contributed by atoms with Crippen molar-refractivity contribution in [1.29, 1.82) is 0 Å². The van der Waals surface area contributed by atoms with Crippen molar-refractivity contribution in [3.63, 3.8) is 0 Å². The Balaban J connectivity index is 1.54. The molecule has 1 saturated carbocycles. The first-order valence-electron chi connectivity index (χ1n) is 6.90. The lowest BCUT2D eigenvalue weighted by molar-refractivity contribution is 0.263. The molecule has 0 saturated heterocycles. The largest absolute Gasteiger partial charge is 0.485 e. The summed E-state index contributed by atoms with van der Waals surface area (Å²) in [7, 11) is 0. The summed E-state index contributed by atoms with van der Waals surface area (Å²) in [6.45, 7) is 2.95. The highest BCUT2D eigenvalue weighted by Gasteiger charge is 2.20. The minimum absolute atomic E-state index is 0.249. The molecule has 1 aliphatic carbocycles. The van der Waals surface area contributed by atoms with Crippen molar-refractivity contribution < 1.29 is 13.5 Å². The van der Waals surface area contributed by atoms with Crippen molar-refractivity contribution in [3.05, 3.63) is 53.2 Å². The smallest absolute Gasteiger partial charge is 0.146 e. The van der Waals surface area contributed by atoms with Gasteiger partial charge in [0.25, 0.3) is 0 Å². The number of rotatable bonds is 6. The van der Waals surface area contributed by atoms with Gasteiger partial charge in [0.1, 0.15) is 29.7 Å². The summed E-state index contributed by atoms with van der Waals surface area (Å²) in [5.74, 6) is 2.13. The van der Waals surface area contributed by atoms with Gasteiger partial charge in [-0.25, -0.2) is 4.39 Å². The Morgan fingerprint density at radius 3 is 2.80 bits per heavy atom. The van der Waals surface area contributed by atoms with Crippen LogP contribution in [-0.4, -0.2) is 6.04 Å². The molecule has 0 spiro atoms. The van der Waals surface area contributed by atoms with E-state index in [0.29, 0.717) is 18.4 Å². The summed E-state index contributed by atoms with van der Waals surface area (Å²) in [6, 6.07) is 9.05. The highest BCUT2D eigenvalue weighted by molar-refractivity contribution is 5.32. The second-order valence-corrected chi connectivity index (χ2v) is 5.22. The quantitative estimate of drug-likeness (QED) is 0.875. The van der Waals surface area contributed by atoms with Crippen LogP contribution in [0.2, 0.25) is 0 Å². The van der Waals surface area contributed by atoms with Gasteiger partial charge in [-0.1, -0.05) is 0 Å². The maximum absolute atomic E-state index is 13.0. The molecule has 0 radical (unpaired) electrons. The lowest BCUT2D eigenvalue weighted by Gasteiger charge is -2.07. The molecule has 0 bridgehead atoms. The predicted molar refractivity (Wildman–Crippen MR) is 74.0 cm³/mol. The number of aryl methyl sites for hydroxylation is 1. The van der Waals surface area contributed by atoms with Crippen LogP contribution in [0.3, 0.4) is 0 Å². The number of halogens is 1. The SMILES string of the molecule is Cc1cc(F)ccc1OCc1ccc(CNC2CC2)o1. The minimum Gasteiger partial charge on any atom is -0.485 e. The number of hydrogen-bond acceptors (Lipinski definition) is 3. The van der Waals surface area contributed by atoms with Gasteiger partial charge in [0.05, 0.1) is 6.54 Å². The molecule has 20 heavy (non-hydrogen) atoms. The van der Waals surface area contributed by atoms with Gasteiger partial charge in [0, 0.05) is 6.04 Å². The standard InChI is InChI=1S/C16H18FNO2/c1-11-8-12(17)2-7-16(11)19-10-15-6-5-14(20-15)9-18-13-3-4-13/h2,5-8,13,18H,3-4,9-10H2,1H3. The second kappa shape index (κ2) is 5.67. The summed E-state index contributed by atoms with van der Waals surface area (Å²) in [6.07, 6.45) is 2.53. The fraction of sp³-hybridized carbons (Fsp3) is 0.375. The van der Waals surface area contributed by atoms with Crippen molar-refractivity contribution in [2.75, 3.05) is 0 Å². The van der Waals surface area contributed by atoms with Crippen molar-refractivity contribution in [2.24, 2.45) is 0 Å². The molecule has 1 aromatic heterocycles. The molecule has 0 aliphatic heterocycles. The van der Waals surface area contributed by atoms with Crippen LogP contribution < -0.4 is 10.1 Å². The maximum Gasteiger partial charge on any atom is 0.146 e. The lowest BCUT2D eigenvalue weighted by atomic mass is 10.2. The van der Waals surface area contributed by atoms with E-state index in [2.05, 4.69) is 5.32 Å². The third-order valence-electron chi connectivity index (χ3n) is 3.37. The summed E-state index contributed by atoms with van der Waals surface area (Å²) >= 11 is 0. The van der Waals surface area contributed by atoms with Crippen molar-refractivity contribution in [2.45, 2.75) is 39.0 Å². The van der Waals surface area contributed by atoms with E-state index in [9.17, 15) is 4.39 Å². The molecule has 1 aromatic carbocycles. The van der Waals surface area contributed by atoms with E-state index >= 15 is 0 Å². The van der Waals surface area contributed by atoms with Gasteiger partial charge in [-0.2, -0.15) is 0 Å². The van der Waals surface area contributed by atoms with E-state index in [1.165, 1.54) is 25.0 Å². The summed E-state index contributed by atoms with van der Waals surface area (Å²) in [4.78, 5) is 0. The molecular weight excluding hydrogens is 257 g/mol. The van der Waals surface area contributed by atoms with Gasteiger partial charge in [0.2, 0.25) is 0 Å². The molecule has 0 amide bonds. The zero-order chi connectivity index (χ0) is 13.9. The molecule has 4 heteroatoms. The van der Waals surface area contributed by atoms with Gasteiger partial charge in [-0.3, -0.25) is 0 Å². The molecule has 1 fully saturated rings. The molecule has 0 atom stereocenters. The topological polar surface area (TPSA) is 34.4 Å². The molecule has 106 valence electrons. The van der Waals surface area contributed by atoms with Crippen LogP contribution in [0.5, 0.6) is 5.75 Å². The first-order chi connectivity index (χ1) is 9.70. The van der Waals surface area contributed by atoms with E-state index in [4.69, 9.17) is 9.15 Å². The Kier molecular flexibility index (Phi) is 3.74. The van der Waals surface area contributed by atoms with Crippen molar-refractivity contribution in [1.82, 2.24) is 5.32 Å². The maximum atomic E-state index is 13.0. The molecule has 3 nitrogen and oxygen atoms in total. The third kappa shape index (κ3) is 3.39. The molecule has 1 heterocycles. The molecule has 1 aliphatic rings. The first kappa shape index (κ1) is 13.2. The number of furan rings is 1. The van der Waals surface area contributed by atoms with Gasteiger partial charge >= 0.3 is 0 Å². The van der Waals surface area contributed by atoms with Crippen molar-refractivity contribution in [3.8, 4) is 5.75 Å². The Labute approximate surface area is 117 Å². The van der Waals surface area contributed by atoms with Crippen LogP contribution in [0.4, 0.5) is 4.39 Å². The van der Waals surface area contributed by atoms with E-state index in [-0.39, 0.29) is 5.82 Å². The number of nitrogens with one attached hydrogen (secondary N) is 1. The highest BCUT2D eigenvalue weighted by atomic mass is 19.1. The predicted octanol–water partition coefficient (Wildman–Crippen LogP) is 3.56. The van der Waals surface area contributed by atoms with E-state index in [1.54, 1.807) is 6.07 Å². The van der Waals surface area contributed by atoms with Crippen LogP contribution in [0.1, 0.15) is 29.9 Å². The Bertz CT molecular complexity index is 590. The van der Waals surface area contributed by atoms with Gasteiger partial charge < -0.3 is 14.5 Å². The molecular formula is C16H18FNO2. The highest BCUT2D eigenvalue weighted by Crippen LogP contribution is 2.21. The first-order valence-corrected chi connectivity index (χ1v) is 6.90. The monoisotopic (exact) mass is 275 g/mol. The molecule has 3 rings (SSSR count). The number of benzene rings is 1. The fourth-order valence-corrected chi connectivity index (χ4v) is 2.05. The fourth-order valence-electron chi connectivity index (χ4n) is 2.05. The Morgan fingerprint density at radius 2 is 2.05 bits per heavy atom. The van der Waals surface area contributed by atoms with Crippen LogP contribution >= 0.6 is 0 Å². The summed E-state index contributed by atoms with van der Waals surface area (Å²) in [5.41, 5.74) is 0.784. The number of ether oxygens (including phenoxy) is 1. The van der Waals surface area contributed by atoms with Crippen LogP contribution in [0, 0.1) is 12.7 Å². The average molecular weight is 275 g/mol. The van der Waals surface area contributed by atoms with E-state index < -0.39 is 0 Å². The van der Waals surface area contributed by atoms with E-state index in [0.717, 1.165) is 23.6 Å². The van der Waals surface area contributed by atoms with Gasteiger partial charge in [0.15, 0.2) is 0 Å². The van der Waals surface area contributed by atoms with Crippen LogP contribution in [-0.2, 0) is 13.2 Å². The Hall–Kier alpha value is -1.81. The molecule has 0 unspecified atom stereocenters. The Morgan fingerprint density at radius 1 is 1.25 bits per heavy atom. The van der Waals surface area contributed by atoms with E-state index in [1.807, 2.05) is 19.1 Å². The zero-order valence-corrected chi connectivity index (χ0v) is 11.5. The van der Waals surface area contributed by atoms with Crippen LogP contribution in [0.25, 0.3) is 0 Å². The van der Waals surface area contributed by atoms with Crippen LogP contribution in [0.15, 0.2) is 34.7 Å². The summed E-state index contributed by atoms with van der Waals surface area (Å²) < 4.78 is 24.3. The minimum atomic E-state index is -0.249.